The van der Waals surface area contributed by atoms with E-state index < -0.39 is 12.0 Å². The van der Waals surface area contributed by atoms with E-state index in [1.54, 1.807) is 6.07 Å². The number of aliphatic carboxylic acids is 1. The maximum atomic E-state index is 11.6. The van der Waals surface area contributed by atoms with Gasteiger partial charge in [-0.3, -0.25) is 9.59 Å². The van der Waals surface area contributed by atoms with Crippen LogP contribution in [-0.4, -0.2) is 33.1 Å². The highest BCUT2D eigenvalue weighted by Gasteiger charge is 2.17. The normalized spacial score (nSPS) is 12.1. The molecule has 0 amide bonds. The highest BCUT2D eigenvalue weighted by atomic mass is 16.4. The van der Waals surface area contributed by atoms with Crippen molar-refractivity contribution in [3.8, 4) is 0 Å². The summed E-state index contributed by atoms with van der Waals surface area (Å²) >= 11 is 0. The van der Waals surface area contributed by atoms with Crippen molar-refractivity contribution >= 4 is 11.8 Å². The smallest absolute Gasteiger partial charge is 0.303 e. The highest BCUT2D eigenvalue weighted by molar-refractivity contribution is 5.98. The number of ketones is 1. The highest BCUT2D eigenvalue weighted by Crippen LogP contribution is 2.04. The fraction of sp³-hybridized carbons (Fsp3) is 0.400. The average molecular weight is 223 g/mol. The zero-order valence-corrected chi connectivity index (χ0v) is 8.67. The molecule has 1 aromatic heterocycles. The van der Waals surface area contributed by atoms with Crippen molar-refractivity contribution in [2.75, 3.05) is 0 Å². The molecule has 0 aliphatic carbocycles. The van der Waals surface area contributed by atoms with Crippen LogP contribution in [0.25, 0.3) is 0 Å². The average Bonchev–Trinajstić information content (AvgIpc) is 2.28. The minimum absolute atomic E-state index is 0.0153. The fourth-order valence-electron chi connectivity index (χ4n) is 1.23. The SMILES string of the molecule is NC(CCCC(=O)O)C(=O)c1cccnn1. The number of carbonyl (C=O) groups excluding carboxylic acids is 1. The predicted molar refractivity (Wildman–Crippen MR) is 55.8 cm³/mol. The van der Waals surface area contributed by atoms with Crippen LogP contribution in [-0.2, 0) is 4.79 Å². The van der Waals surface area contributed by atoms with E-state index in [0.29, 0.717) is 12.8 Å². The van der Waals surface area contributed by atoms with Crippen molar-refractivity contribution in [2.45, 2.75) is 25.3 Å². The molecule has 3 N–H and O–H groups in total. The third-order valence-electron chi connectivity index (χ3n) is 2.07. The van der Waals surface area contributed by atoms with Gasteiger partial charge >= 0.3 is 5.97 Å². The van der Waals surface area contributed by atoms with Crippen LogP contribution >= 0.6 is 0 Å². The molecule has 0 bridgehead atoms. The topological polar surface area (TPSA) is 106 Å². The van der Waals surface area contributed by atoms with Gasteiger partial charge in [0, 0.05) is 12.6 Å². The first-order valence-electron chi connectivity index (χ1n) is 4.90. The monoisotopic (exact) mass is 223 g/mol. The Bertz CT molecular complexity index is 367. The number of nitrogens with two attached hydrogens (primary N) is 1. The minimum atomic E-state index is -0.890. The third-order valence-corrected chi connectivity index (χ3v) is 2.07. The zero-order valence-electron chi connectivity index (χ0n) is 8.67. The van der Waals surface area contributed by atoms with Gasteiger partial charge in [0.25, 0.3) is 0 Å². The summed E-state index contributed by atoms with van der Waals surface area (Å²) < 4.78 is 0. The number of carboxylic acid groups (broad SMARTS) is 1. The second-order valence-electron chi connectivity index (χ2n) is 3.37. The number of nitrogens with zero attached hydrogens (tertiary/aromatic N) is 2. The van der Waals surface area contributed by atoms with Crippen LogP contribution in [0.3, 0.4) is 0 Å². The quantitative estimate of drug-likeness (QED) is 0.669. The molecule has 6 heteroatoms. The predicted octanol–water partition coefficient (Wildman–Crippen LogP) is 0.241. The number of carbonyl (C=O) groups is 2. The van der Waals surface area contributed by atoms with Gasteiger partial charge in [0.2, 0.25) is 0 Å². The van der Waals surface area contributed by atoms with Crippen molar-refractivity contribution in [2.24, 2.45) is 5.73 Å². The Labute approximate surface area is 92.5 Å². The molecule has 0 radical (unpaired) electrons. The zero-order chi connectivity index (χ0) is 12.0. The van der Waals surface area contributed by atoms with E-state index in [2.05, 4.69) is 10.2 Å². The number of Topliss-reactive ketones (excluding diaryl/α,β-unsaturated/α-hetero) is 1. The van der Waals surface area contributed by atoms with Gasteiger partial charge in [-0.15, -0.1) is 5.10 Å². The molecule has 0 fully saturated rings. The van der Waals surface area contributed by atoms with E-state index in [-0.39, 0.29) is 17.9 Å². The van der Waals surface area contributed by atoms with Crippen LogP contribution in [0, 0.1) is 0 Å². The van der Waals surface area contributed by atoms with E-state index in [1.165, 1.54) is 12.3 Å². The van der Waals surface area contributed by atoms with Crippen molar-refractivity contribution in [3.05, 3.63) is 24.0 Å². The largest absolute Gasteiger partial charge is 0.481 e. The summed E-state index contributed by atoms with van der Waals surface area (Å²) in [6.45, 7) is 0. The molecule has 1 aromatic rings. The van der Waals surface area contributed by atoms with E-state index in [1.807, 2.05) is 0 Å². The van der Waals surface area contributed by atoms with E-state index in [0.717, 1.165) is 0 Å². The number of carboxylic acids is 1. The molecule has 16 heavy (non-hydrogen) atoms. The molecule has 0 aromatic carbocycles. The summed E-state index contributed by atoms with van der Waals surface area (Å²) in [6, 6.07) is 2.42. The molecule has 1 heterocycles. The molecular formula is C10H13N3O3. The van der Waals surface area contributed by atoms with Crippen molar-refractivity contribution < 1.29 is 14.7 Å². The van der Waals surface area contributed by atoms with Crippen LogP contribution < -0.4 is 5.73 Å². The van der Waals surface area contributed by atoms with Crippen molar-refractivity contribution in [3.63, 3.8) is 0 Å². The lowest BCUT2D eigenvalue weighted by Crippen LogP contribution is -2.31. The van der Waals surface area contributed by atoms with Gasteiger partial charge < -0.3 is 10.8 Å². The number of hydrogen-bond acceptors (Lipinski definition) is 5. The third kappa shape index (κ3) is 3.74. The number of rotatable bonds is 6. The van der Waals surface area contributed by atoms with E-state index in [9.17, 15) is 9.59 Å². The first-order valence-corrected chi connectivity index (χ1v) is 4.90. The first kappa shape index (κ1) is 12.3. The molecule has 0 saturated heterocycles. The maximum Gasteiger partial charge on any atom is 0.303 e. The summed E-state index contributed by atoms with van der Waals surface area (Å²) in [6.07, 6.45) is 2.19. The standard InChI is InChI=1S/C10H13N3O3/c11-7(3-1-5-9(14)15)10(16)8-4-2-6-12-13-8/h2,4,6-7H,1,3,5,11H2,(H,14,15). The molecule has 1 unspecified atom stereocenters. The van der Waals surface area contributed by atoms with E-state index in [4.69, 9.17) is 10.8 Å². The molecule has 86 valence electrons. The van der Waals surface area contributed by atoms with Crippen molar-refractivity contribution in [1.29, 1.82) is 0 Å². The summed E-state index contributed by atoms with van der Waals surface area (Å²) in [5.41, 5.74) is 5.84. The van der Waals surface area contributed by atoms with Crippen LogP contribution in [0.5, 0.6) is 0 Å². The molecule has 0 aliphatic rings. The van der Waals surface area contributed by atoms with Crippen LogP contribution in [0.15, 0.2) is 18.3 Å². The summed E-state index contributed by atoms with van der Waals surface area (Å²) in [5.74, 6) is -1.20. The van der Waals surface area contributed by atoms with E-state index >= 15 is 0 Å². The molecule has 0 spiro atoms. The van der Waals surface area contributed by atoms with Gasteiger partial charge in [-0.1, -0.05) is 0 Å². The summed E-state index contributed by atoms with van der Waals surface area (Å²) in [7, 11) is 0. The van der Waals surface area contributed by atoms with Gasteiger partial charge in [0.1, 0.15) is 5.69 Å². The first-order chi connectivity index (χ1) is 7.61. The lowest BCUT2D eigenvalue weighted by molar-refractivity contribution is -0.137. The second kappa shape index (κ2) is 5.92. The van der Waals surface area contributed by atoms with Gasteiger partial charge in [-0.05, 0) is 25.0 Å². The van der Waals surface area contributed by atoms with Gasteiger partial charge in [0.15, 0.2) is 5.78 Å². The van der Waals surface area contributed by atoms with Crippen LogP contribution in [0.2, 0.25) is 0 Å². The second-order valence-corrected chi connectivity index (χ2v) is 3.37. The molecule has 0 saturated carbocycles. The lowest BCUT2D eigenvalue weighted by atomic mass is 10.0. The molecular weight excluding hydrogens is 210 g/mol. The minimum Gasteiger partial charge on any atom is -0.481 e. The van der Waals surface area contributed by atoms with Crippen LogP contribution in [0.1, 0.15) is 29.8 Å². The molecule has 6 nitrogen and oxygen atoms in total. The van der Waals surface area contributed by atoms with Gasteiger partial charge in [-0.2, -0.15) is 5.10 Å². The Morgan fingerprint density at radius 1 is 1.50 bits per heavy atom. The van der Waals surface area contributed by atoms with Crippen molar-refractivity contribution in [1.82, 2.24) is 10.2 Å². The summed E-state index contributed by atoms with van der Waals surface area (Å²) in [4.78, 5) is 21.9. The Kier molecular flexibility index (Phi) is 4.53. The number of aromatic nitrogens is 2. The lowest BCUT2D eigenvalue weighted by Gasteiger charge is -2.08. The van der Waals surface area contributed by atoms with Gasteiger partial charge in [0.05, 0.1) is 6.04 Å². The molecule has 1 atom stereocenters. The molecule has 1 rings (SSSR count). The Morgan fingerprint density at radius 2 is 2.25 bits per heavy atom. The Morgan fingerprint density at radius 3 is 2.81 bits per heavy atom. The summed E-state index contributed by atoms with van der Waals surface area (Å²) in [5, 5.41) is 15.7. The van der Waals surface area contributed by atoms with Gasteiger partial charge in [-0.25, -0.2) is 0 Å². The number of hydrogen-bond donors (Lipinski definition) is 2. The maximum absolute atomic E-state index is 11.6. The fourth-order valence-corrected chi connectivity index (χ4v) is 1.23. The Balaban J connectivity index is 2.45. The Hall–Kier alpha value is -1.82. The van der Waals surface area contributed by atoms with Crippen LogP contribution in [0.4, 0.5) is 0 Å². The molecule has 0 aliphatic heterocycles.